The summed E-state index contributed by atoms with van der Waals surface area (Å²) in [5, 5.41) is 9.87. The van der Waals surface area contributed by atoms with E-state index in [2.05, 4.69) is 11.1 Å². The highest BCUT2D eigenvalue weighted by Crippen LogP contribution is 2.31. The Hall–Kier alpha value is -1.02. The summed E-state index contributed by atoms with van der Waals surface area (Å²) < 4.78 is 0. The molecule has 0 saturated carbocycles. The maximum absolute atomic E-state index is 9.52. The predicted octanol–water partition coefficient (Wildman–Crippen LogP) is 2.93. The molecule has 13 heavy (non-hydrogen) atoms. The Morgan fingerprint density at radius 2 is 2.31 bits per heavy atom. The van der Waals surface area contributed by atoms with Crippen LogP contribution in [-0.2, 0) is 0 Å². The molecule has 0 aromatic heterocycles. The van der Waals surface area contributed by atoms with Crippen LogP contribution < -0.4 is 0 Å². The van der Waals surface area contributed by atoms with E-state index in [4.69, 9.17) is 11.6 Å². The molecule has 2 nitrogen and oxygen atoms in total. The van der Waals surface area contributed by atoms with Crippen molar-refractivity contribution in [3.05, 3.63) is 34.5 Å². The number of hydrogen-bond acceptors (Lipinski definition) is 1. The molecule has 1 atom stereocenters. The summed E-state index contributed by atoms with van der Waals surface area (Å²) in [5.74, 6) is 0.147. The van der Waals surface area contributed by atoms with Gasteiger partial charge in [0.2, 0.25) is 0 Å². The fourth-order valence-corrected chi connectivity index (χ4v) is 1.83. The molecular formula is C10H10ClNO. The van der Waals surface area contributed by atoms with Gasteiger partial charge in [-0.3, -0.25) is 0 Å². The average molecular weight is 196 g/mol. The van der Waals surface area contributed by atoms with E-state index in [1.54, 1.807) is 0 Å². The molecule has 2 aliphatic rings. The summed E-state index contributed by atoms with van der Waals surface area (Å²) in [7, 11) is 0. The largest absolute Gasteiger partial charge is 0.496 e. The van der Waals surface area contributed by atoms with Crippen molar-refractivity contribution in [3.63, 3.8) is 0 Å². The highest BCUT2D eigenvalue weighted by atomic mass is 35.5. The first kappa shape index (κ1) is 8.57. The van der Waals surface area contributed by atoms with Crippen molar-refractivity contribution < 1.29 is 5.11 Å². The van der Waals surface area contributed by atoms with E-state index in [0.717, 1.165) is 12.0 Å². The van der Waals surface area contributed by atoms with Crippen LogP contribution in [0.25, 0.3) is 0 Å². The lowest BCUT2D eigenvalue weighted by Gasteiger charge is -2.22. The van der Waals surface area contributed by atoms with E-state index in [-0.39, 0.29) is 11.8 Å². The molecule has 0 fully saturated rings. The number of rotatable bonds is 0. The molecule has 1 unspecified atom stereocenters. The lowest BCUT2D eigenvalue weighted by Crippen LogP contribution is -2.20. The highest BCUT2D eigenvalue weighted by molar-refractivity contribution is 6.30. The van der Waals surface area contributed by atoms with Gasteiger partial charge in [-0.15, -0.1) is 0 Å². The third-order valence-corrected chi connectivity index (χ3v) is 2.48. The summed E-state index contributed by atoms with van der Waals surface area (Å²) in [6, 6.07) is 0. The molecule has 0 saturated heterocycles. The van der Waals surface area contributed by atoms with Crippen molar-refractivity contribution in [2.75, 3.05) is 0 Å². The van der Waals surface area contributed by atoms with Gasteiger partial charge >= 0.3 is 0 Å². The summed E-state index contributed by atoms with van der Waals surface area (Å²) in [5.41, 5.74) is 2.26. The van der Waals surface area contributed by atoms with Crippen LogP contribution in [0.2, 0.25) is 0 Å². The number of fused-ring (bicyclic) bond motifs is 1. The molecule has 0 radical (unpaired) electrons. The fraction of sp³-hybridized carbons (Fsp3) is 0.300. The fourth-order valence-electron chi connectivity index (χ4n) is 1.62. The highest BCUT2D eigenvalue weighted by Gasteiger charge is 2.24. The summed E-state index contributed by atoms with van der Waals surface area (Å²) in [4.78, 5) is 3.82. The first-order chi connectivity index (χ1) is 6.16. The minimum absolute atomic E-state index is 0.0196. The number of aliphatic hydroxyl groups is 1. The Balaban J connectivity index is 2.41. The monoisotopic (exact) mass is 195 g/mol. The molecule has 1 aliphatic carbocycles. The molecule has 0 aromatic carbocycles. The summed E-state index contributed by atoms with van der Waals surface area (Å²) in [6.07, 6.45) is 6.74. The van der Waals surface area contributed by atoms with Crippen molar-refractivity contribution >= 4 is 17.5 Å². The van der Waals surface area contributed by atoms with Crippen molar-refractivity contribution in [2.24, 2.45) is 10.9 Å². The Morgan fingerprint density at radius 3 is 3.08 bits per heavy atom. The second-order valence-corrected chi connectivity index (χ2v) is 3.71. The topological polar surface area (TPSA) is 32.6 Å². The molecule has 1 N–H and O–H groups in total. The molecule has 2 rings (SSSR count). The van der Waals surface area contributed by atoms with Gasteiger partial charge in [0.05, 0.1) is 5.92 Å². The Bertz CT molecular complexity index is 363. The zero-order valence-corrected chi connectivity index (χ0v) is 8.04. The standard InChI is InChI=1S/C10H10ClNO/c1-6-2-3-8-7(4-6)5-9(11)12-10(8)13/h2,4-5,8H,3H2,1H3,(H,12,13). The van der Waals surface area contributed by atoms with Crippen LogP contribution in [-0.4, -0.2) is 11.0 Å². The lowest BCUT2D eigenvalue weighted by molar-refractivity contribution is 0.497. The van der Waals surface area contributed by atoms with Gasteiger partial charge in [0, 0.05) is 0 Å². The third kappa shape index (κ3) is 1.54. The smallest absolute Gasteiger partial charge is 0.194 e. The van der Waals surface area contributed by atoms with Crippen LogP contribution in [0.1, 0.15) is 13.3 Å². The SMILES string of the molecule is CC1=CCC2C(=C1)C=C(Cl)N=C2O. The molecule has 0 aromatic rings. The second-order valence-electron chi connectivity index (χ2n) is 3.32. The Morgan fingerprint density at radius 1 is 1.54 bits per heavy atom. The Labute approximate surface area is 81.9 Å². The van der Waals surface area contributed by atoms with Crippen LogP contribution in [0.4, 0.5) is 0 Å². The maximum Gasteiger partial charge on any atom is 0.194 e. The normalized spacial score (nSPS) is 26.8. The van der Waals surface area contributed by atoms with Gasteiger partial charge in [-0.25, -0.2) is 4.99 Å². The Kier molecular flexibility index (Phi) is 2.00. The number of allylic oxidation sites excluding steroid dienone is 4. The summed E-state index contributed by atoms with van der Waals surface area (Å²) >= 11 is 5.73. The number of aliphatic imine (C=N–C) groups is 1. The maximum atomic E-state index is 9.52. The first-order valence-electron chi connectivity index (χ1n) is 4.20. The van der Waals surface area contributed by atoms with Crippen LogP contribution in [0, 0.1) is 5.92 Å². The van der Waals surface area contributed by atoms with Crippen molar-refractivity contribution in [2.45, 2.75) is 13.3 Å². The van der Waals surface area contributed by atoms with Gasteiger partial charge in [0.15, 0.2) is 5.90 Å². The van der Waals surface area contributed by atoms with Crippen LogP contribution in [0.5, 0.6) is 0 Å². The van der Waals surface area contributed by atoms with E-state index in [9.17, 15) is 5.11 Å². The summed E-state index contributed by atoms with van der Waals surface area (Å²) in [6.45, 7) is 2.04. The number of nitrogens with zero attached hydrogens (tertiary/aromatic N) is 1. The van der Waals surface area contributed by atoms with Crippen molar-refractivity contribution in [1.29, 1.82) is 0 Å². The lowest BCUT2D eigenvalue weighted by atomic mass is 9.87. The van der Waals surface area contributed by atoms with Gasteiger partial charge in [0.25, 0.3) is 0 Å². The predicted molar refractivity (Wildman–Crippen MR) is 53.9 cm³/mol. The second kappa shape index (κ2) is 3.04. The van der Waals surface area contributed by atoms with Crippen molar-refractivity contribution in [3.8, 4) is 0 Å². The van der Waals surface area contributed by atoms with Crippen LogP contribution >= 0.6 is 11.6 Å². The molecule has 1 heterocycles. The molecule has 0 amide bonds. The van der Waals surface area contributed by atoms with Gasteiger partial charge in [0.1, 0.15) is 5.16 Å². The third-order valence-electron chi connectivity index (χ3n) is 2.29. The van der Waals surface area contributed by atoms with Gasteiger partial charge in [-0.2, -0.15) is 0 Å². The minimum atomic E-state index is 0.0196. The molecular weight excluding hydrogens is 186 g/mol. The van der Waals surface area contributed by atoms with Gasteiger partial charge < -0.3 is 5.11 Å². The van der Waals surface area contributed by atoms with E-state index < -0.39 is 0 Å². The van der Waals surface area contributed by atoms with Crippen molar-refractivity contribution in [1.82, 2.24) is 0 Å². The molecule has 68 valence electrons. The van der Waals surface area contributed by atoms with Gasteiger partial charge in [-0.1, -0.05) is 29.3 Å². The molecule has 3 heteroatoms. The van der Waals surface area contributed by atoms with E-state index in [1.807, 2.05) is 19.1 Å². The molecule has 0 spiro atoms. The quantitative estimate of drug-likeness (QED) is 0.593. The van der Waals surface area contributed by atoms with E-state index >= 15 is 0 Å². The van der Waals surface area contributed by atoms with Crippen LogP contribution in [0.15, 0.2) is 39.5 Å². The van der Waals surface area contributed by atoms with E-state index in [0.29, 0.717) is 5.16 Å². The number of hydrogen-bond donors (Lipinski definition) is 1. The zero-order chi connectivity index (χ0) is 9.42. The number of aliphatic hydroxyl groups excluding tert-OH is 1. The number of halogens is 1. The molecule has 1 aliphatic heterocycles. The van der Waals surface area contributed by atoms with Crippen LogP contribution in [0.3, 0.4) is 0 Å². The minimum Gasteiger partial charge on any atom is -0.496 e. The average Bonchev–Trinajstić information content (AvgIpc) is 2.02. The van der Waals surface area contributed by atoms with E-state index in [1.165, 1.54) is 5.57 Å². The molecule has 0 bridgehead atoms. The first-order valence-corrected chi connectivity index (χ1v) is 4.57. The zero-order valence-electron chi connectivity index (χ0n) is 7.29. The van der Waals surface area contributed by atoms with Gasteiger partial charge in [-0.05, 0) is 25.0 Å².